The van der Waals surface area contributed by atoms with Gasteiger partial charge in [0.05, 0.1) is 18.8 Å². The van der Waals surface area contributed by atoms with Crippen molar-refractivity contribution in [3.8, 4) is 5.75 Å². The van der Waals surface area contributed by atoms with Crippen LogP contribution in [-0.4, -0.2) is 26.5 Å². The number of rotatable bonds is 8. The SMILES string of the molecule is CC(C)Oc1ccc(Nc2ncc(NC(=O)c3cc[nH]c(=O)c3)c(=O)n2Cc2ccc(Cl)cc2)cc1F. The van der Waals surface area contributed by atoms with Gasteiger partial charge in [-0.2, -0.15) is 0 Å². The van der Waals surface area contributed by atoms with Gasteiger partial charge in [-0.1, -0.05) is 23.7 Å². The molecule has 2 aromatic carbocycles. The lowest BCUT2D eigenvalue weighted by Gasteiger charge is -2.16. The zero-order valence-corrected chi connectivity index (χ0v) is 20.7. The Balaban J connectivity index is 1.69. The zero-order chi connectivity index (χ0) is 26.5. The van der Waals surface area contributed by atoms with E-state index in [1.807, 2.05) is 0 Å². The molecule has 2 heterocycles. The van der Waals surface area contributed by atoms with E-state index in [9.17, 15) is 18.8 Å². The van der Waals surface area contributed by atoms with Crippen LogP contribution in [0.2, 0.25) is 5.02 Å². The quantitative estimate of drug-likeness (QED) is 0.312. The van der Waals surface area contributed by atoms with Crippen molar-refractivity contribution in [3.63, 3.8) is 0 Å². The molecule has 0 unspecified atom stereocenters. The number of pyridine rings is 1. The summed E-state index contributed by atoms with van der Waals surface area (Å²) >= 11 is 5.98. The van der Waals surface area contributed by atoms with E-state index in [1.54, 1.807) is 44.2 Å². The maximum Gasteiger partial charge on any atom is 0.279 e. The Morgan fingerprint density at radius 2 is 1.89 bits per heavy atom. The summed E-state index contributed by atoms with van der Waals surface area (Å²) in [6.45, 7) is 3.67. The number of aromatic nitrogens is 3. The number of nitrogens with one attached hydrogen (secondary N) is 3. The number of anilines is 3. The number of carbonyl (C=O) groups excluding carboxylic acids is 1. The number of halogens is 2. The average Bonchev–Trinajstić information content (AvgIpc) is 2.85. The highest BCUT2D eigenvalue weighted by Gasteiger charge is 2.16. The molecule has 9 nitrogen and oxygen atoms in total. The smallest absolute Gasteiger partial charge is 0.279 e. The molecule has 0 saturated heterocycles. The third kappa shape index (κ3) is 6.42. The van der Waals surface area contributed by atoms with Gasteiger partial charge in [0.15, 0.2) is 11.6 Å². The molecule has 37 heavy (non-hydrogen) atoms. The molecule has 0 saturated carbocycles. The zero-order valence-electron chi connectivity index (χ0n) is 19.9. The normalized spacial score (nSPS) is 10.8. The largest absolute Gasteiger partial charge is 0.488 e. The molecule has 1 amide bonds. The summed E-state index contributed by atoms with van der Waals surface area (Å²) in [4.78, 5) is 44.3. The van der Waals surface area contributed by atoms with E-state index >= 15 is 0 Å². The van der Waals surface area contributed by atoms with Gasteiger partial charge in [0, 0.05) is 34.6 Å². The van der Waals surface area contributed by atoms with Crippen molar-refractivity contribution >= 4 is 34.8 Å². The van der Waals surface area contributed by atoms with Gasteiger partial charge < -0.3 is 20.4 Å². The predicted molar refractivity (Wildman–Crippen MR) is 140 cm³/mol. The second-order valence-electron chi connectivity index (χ2n) is 8.35. The third-order valence-corrected chi connectivity index (χ3v) is 5.39. The highest BCUT2D eigenvalue weighted by molar-refractivity contribution is 6.30. The lowest BCUT2D eigenvalue weighted by molar-refractivity contribution is 0.102. The molecule has 2 aromatic heterocycles. The summed E-state index contributed by atoms with van der Waals surface area (Å²) in [5.41, 5.74) is 0.0331. The number of hydrogen-bond donors (Lipinski definition) is 3. The van der Waals surface area contributed by atoms with E-state index in [1.165, 1.54) is 35.2 Å². The maximum atomic E-state index is 14.5. The van der Waals surface area contributed by atoms with Crippen LogP contribution in [0.3, 0.4) is 0 Å². The molecule has 4 aromatic rings. The molecule has 0 spiro atoms. The van der Waals surface area contributed by atoms with Gasteiger partial charge in [-0.25, -0.2) is 9.37 Å². The first-order valence-electron chi connectivity index (χ1n) is 11.3. The Hall–Kier alpha value is -4.44. The minimum atomic E-state index is -0.647. The van der Waals surface area contributed by atoms with Gasteiger partial charge in [-0.15, -0.1) is 0 Å². The van der Waals surface area contributed by atoms with Gasteiger partial charge >= 0.3 is 0 Å². The van der Waals surface area contributed by atoms with Crippen molar-refractivity contribution in [2.75, 3.05) is 10.6 Å². The molecule has 0 radical (unpaired) electrons. The third-order valence-electron chi connectivity index (χ3n) is 5.14. The van der Waals surface area contributed by atoms with Crippen LogP contribution in [-0.2, 0) is 6.54 Å². The minimum Gasteiger partial charge on any atom is -0.488 e. The summed E-state index contributed by atoms with van der Waals surface area (Å²) in [7, 11) is 0. The number of aromatic amines is 1. The Kier molecular flexibility index (Phi) is 7.69. The van der Waals surface area contributed by atoms with Crippen LogP contribution in [0.15, 0.2) is 76.6 Å². The van der Waals surface area contributed by atoms with Crippen molar-refractivity contribution in [3.05, 3.63) is 110 Å². The standard InChI is InChI=1S/C26H23ClFN5O4/c1-15(2)37-22-8-7-19(12-20(22)28)31-26-30-13-21(32-24(35)17-9-10-29-23(34)11-17)25(36)33(26)14-16-3-5-18(27)6-4-16/h3-13,15H,14H2,1-2H3,(H,29,34)(H,30,31)(H,32,35). The highest BCUT2D eigenvalue weighted by Crippen LogP contribution is 2.24. The molecule has 4 rings (SSSR count). The van der Waals surface area contributed by atoms with Crippen LogP contribution in [0.5, 0.6) is 5.75 Å². The van der Waals surface area contributed by atoms with Crippen molar-refractivity contribution < 1.29 is 13.9 Å². The molecule has 11 heteroatoms. The maximum absolute atomic E-state index is 14.5. The molecule has 0 aliphatic carbocycles. The lowest BCUT2D eigenvalue weighted by atomic mass is 10.2. The summed E-state index contributed by atoms with van der Waals surface area (Å²) in [5, 5.41) is 5.99. The topological polar surface area (TPSA) is 118 Å². The monoisotopic (exact) mass is 523 g/mol. The summed E-state index contributed by atoms with van der Waals surface area (Å²) in [6, 6.07) is 13.7. The summed E-state index contributed by atoms with van der Waals surface area (Å²) < 4.78 is 21.3. The second kappa shape index (κ2) is 11.1. The van der Waals surface area contributed by atoms with E-state index < -0.39 is 22.8 Å². The van der Waals surface area contributed by atoms with Crippen molar-refractivity contribution in [1.82, 2.24) is 14.5 Å². The fourth-order valence-corrected chi connectivity index (χ4v) is 3.56. The molecule has 0 aliphatic heterocycles. The van der Waals surface area contributed by atoms with Crippen molar-refractivity contribution in [1.29, 1.82) is 0 Å². The fourth-order valence-electron chi connectivity index (χ4n) is 3.43. The molecule has 0 aliphatic rings. The predicted octanol–water partition coefficient (Wildman–Crippen LogP) is 4.56. The lowest BCUT2D eigenvalue weighted by Crippen LogP contribution is -2.29. The molecule has 0 fully saturated rings. The molecular formula is C26H23ClFN5O4. The van der Waals surface area contributed by atoms with Gasteiger partial charge in [-0.3, -0.25) is 19.0 Å². The average molecular weight is 524 g/mol. The van der Waals surface area contributed by atoms with E-state index in [4.69, 9.17) is 16.3 Å². The van der Waals surface area contributed by atoms with E-state index in [0.29, 0.717) is 10.7 Å². The number of nitrogens with zero attached hydrogens (tertiary/aromatic N) is 2. The van der Waals surface area contributed by atoms with Gasteiger partial charge in [0.25, 0.3) is 11.5 Å². The number of benzene rings is 2. The van der Waals surface area contributed by atoms with E-state index in [0.717, 1.165) is 11.6 Å². The number of ether oxygens (including phenoxy) is 1. The van der Waals surface area contributed by atoms with Crippen LogP contribution < -0.4 is 26.5 Å². The van der Waals surface area contributed by atoms with Crippen molar-refractivity contribution in [2.45, 2.75) is 26.5 Å². The minimum absolute atomic E-state index is 0.0776. The number of carbonyl (C=O) groups is 1. The first-order chi connectivity index (χ1) is 17.7. The summed E-state index contributed by atoms with van der Waals surface area (Å²) in [5.74, 6) is -1.01. The van der Waals surface area contributed by atoms with Gasteiger partial charge in [0.1, 0.15) is 5.69 Å². The first-order valence-corrected chi connectivity index (χ1v) is 11.6. The molecular weight excluding hydrogens is 501 g/mol. The number of H-pyrrole nitrogens is 1. The van der Waals surface area contributed by atoms with Crippen molar-refractivity contribution in [2.24, 2.45) is 0 Å². The molecule has 0 bridgehead atoms. The van der Waals surface area contributed by atoms with Crippen LogP contribution in [0.1, 0.15) is 29.8 Å². The number of amides is 1. The fraction of sp³-hybridized carbons (Fsp3) is 0.154. The Morgan fingerprint density at radius 3 is 2.57 bits per heavy atom. The summed E-state index contributed by atoms with van der Waals surface area (Å²) in [6.07, 6.45) is 2.33. The highest BCUT2D eigenvalue weighted by atomic mass is 35.5. The van der Waals surface area contributed by atoms with E-state index in [-0.39, 0.29) is 35.6 Å². The van der Waals surface area contributed by atoms with E-state index in [2.05, 4.69) is 20.6 Å². The Bertz CT molecular complexity index is 1550. The molecule has 190 valence electrons. The number of hydrogen-bond acceptors (Lipinski definition) is 6. The molecule has 3 N–H and O–H groups in total. The first kappa shape index (κ1) is 25.6. The van der Waals surface area contributed by atoms with Crippen LogP contribution >= 0.6 is 11.6 Å². The Morgan fingerprint density at radius 1 is 1.14 bits per heavy atom. The van der Waals surface area contributed by atoms with Crippen LogP contribution in [0, 0.1) is 5.82 Å². The van der Waals surface area contributed by atoms with Gasteiger partial charge in [0.2, 0.25) is 11.5 Å². The van der Waals surface area contributed by atoms with Crippen LogP contribution in [0.4, 0.5) is 21.7 Å². The van der Waals surface area contributed by atoms with Gasteiger partial charge in [-0.05, 0) is 49.7 Å². The molecule has 0 atom stereocenters. The van der Waals surface area contributed by atoms with Crippen LogP contribution in [0.25, 0.3) is 0 Å². The Labute approximate surface area is 215 Å². The second-order valence-corrected chi connectivity index (χ2v) is 8.78.